The standard InChI is InChI=1S/C19H19N5O4/c1-12(2)28-15-5-6-16(13(3)8-15)22-19(25)14-4-7-17(18(9-14)24(26)27)23-11-20-10-21-23/h4-12H,1-3H3,(H,22,25). The molecule has 0 atom stereocenters. The first kappa shape index (κ1) is 19.0. The van der Waals surface area contributed by atoms with Gasteiger partial charge in [-0.25, -0.2) is 9.67 Å². The van der Waals surface area contributed by atoms with E-state index in [2.05, 4.69) is 15.4 Å². The first-order valence-corrected chi connectivity index (χ1v) is 8.57. The van der Waals surface area contributed by atoms with E-state index in [0.717, 1.165) is 5.56 Å². The smallest absolute Gasteiger partial charge is 0.295 e. The Balaban J connectivity index is 1.85. The predicted molar refractivity (Wildman–Crippen MR) is 103 cm³/mol. The van der Waals surface area contributed by atoms with Crippen LogP contribution >= 0.6 is 0 Å². The van der Waals surface area contributed by atoms with Crippen LogP contribution in [0.25, 0.3) is 5.69 Å². The van der Waals surface area contributed by atoms with Gasteiger partial charge in [-0.15, -0.1) is 0 Å². The van der Waals surface area contributed by atoms with Crippen LogP contribution < -0.4 is 10.1 Å². The van der Waals surface area contributed by atoms with Gasteiger partial charge in [0.05, 0.1) is 11.0 Å². The molecule has 9 heteroatoms. The van der Waals surface area contributed by atoms with Gasteiger partial charge in [0.15, 0.2) is 0 Å². The lowest BCUT2D eigenvalue weighted by Gasteiger charge is -2.13. The maximum atomic E-state index is 12.6. The van der Waals surface area contributed by atoms with Crippen molar-refractivity contribution in [1.29, 1.82) is 0 Å². The summed E-state index contributed by atoms with van der Waals surface area (Å²) in [5, 5.41) is 18.1. The summed E-state index contributed by atoms with van der Waals surface area (Å²) >= 11 is 0. The van der Waals surface area contributed by atoms with E-state index in [1.807, 2.05) is 26.8 Å². The van der Waals surface area contributed by atoms with E-state index in [1.54, 1.807) is 12.1 Å². The first-order chi connectivity index (χ1) is 13.3. The van der Waals surface area contributed by atoms with Gasteiger partial charge in [0.1, 0.15) is 24.1 Å². The van der Waals surface area contributed by atoms with E-state index in [-0.39, 0.29) is 23.0 Å². The van der Waals surface area contributed by atoms with Gasteiger partial charge in [-0.3, -0.25) is 14.9 Å². The SMILES string of the molecule is Cc1cc(OC(C)C)ccc1NC(=O)c1ccc(-n2cncn2)c([N+](=O)[O-])c1. The summed E-state index contributed by atoms with van der Waals surface area (Å²) in [5.74, 6) is 0.257. The number of hydrogen-bond acceptors (Lipinski definition) is 6. The zero-order chi connectivity index (χ0) is 20.3. The van der Waals surface area contributed by atoms with Crippen molar-refractivity contribution in [2.45, 2.75) is 26.9 Å². The lowest BCUT2D eigenvalue weighted by Crippen LogP contribution is -2.14. The van der Waals surface area contributed by atoms with Crippen molar-refractivity contribution in [2.24, 2.45) is 0 Å². The predicted octanol–water partition coefficient (Wildman–Crippen LogP) is 3.52. The Morgan fingerprint density at radius 2 is 2.04 bits per heavy atom. The molecule has 144 valence electrons. The molecule has 0 aliphatic heterocycles. The summed E-state index contributed by atoms with van der Waals surface area (Å²) in [6.45, 7) is 5.71. The molecule has 0 aliphatic carbocycles. The van der Waals surface area contributed by atoms with Crippen LogP contribution in [-0.2, 0) is 0 Å². The maximum Gasteiger partial charge on any atom is 0.295 e. The normalized spacial score (nSPS) is 10.7. The van der Waals surface area contributed by atoms with Crippen molar-refractivity contribution < 1.29 is 14.5 Å². The minimum absolute atomic E-state index is 0.0453. The van der Waals surface area contributed by atoms with Crippen LogP contribution in [0.2, 0.25) is 0 Å². The molecule has 0 saturated heterocycles. The van der Waals surface area contributed by atoms with Gasteiger partial charge in [-0.2, -0.15) is 5.10 Å². The van der Waals surface area contributed by atoms with E-state index in [0.29, 0.717) is 11.4 Å². The monoisotopic (exact) mass is 381 g/mol. The molecule has 0 spiro atoms. The second-order valence-electron chi connectivity index (χ2n) is 6.40. The molecule has 0 aliphatic rings. The molecular formula is C19H19N5O4. The van der Waals surface area contributed by atoms with Crippen molar-refractivity contribution in [1.82, 2.24) is 14.8 Å². The van der Waals surface area contributed by atoms with Crippen LogP contribution in [-0.4, -0.2) is 31.7 Å². The highest BCUT2D eigenvalue weighted by Crippen LogP contribution is 2.26. The van der Waals surface area contributed by atoms with Crippen LogP contribution in [0.1, 0.15) is 29.8 Å². The number of benzene rings is 2. The second kappa shape index (κ2) is 7.87. The Morgan fingerprint density at radius 3 is 2.64 bits per heavy atom. The third-order valence-electron chi connectivity index (χ3n) is 3.92. The van der Waals surface area contributed by atoms with Crippen molar-refractivity contribution >= 4 is 17.3 Å². The zero-order valence-electron chi connectivity index (χ0n) is 15.6. The van der Waals surface area contributed by atoms with Crippen LogP contribution in [0.5, 0.6) is 5.75 Å². The van der Waals surface area contributed by atoms with Crippen LogP contribution in [0.15, 0.2) is 49.1 Å². The van der Waals surface area contributed by atoms with Gasteiger partial charge in [-0.05, 0) is 56.7 Å². The fourth-order valence-electron chi connectivity index (χ4n) is 2.65. The molecule has 0 unspecified atom stereocenters. The van der Waals surface area contributed by atoms with E-state index < -0.39 is 10.8 Å². The Labute approximate surface area is 161 Å². The highest BCUT2D eigenvalue weighted by atomic mass is 16.6. The van der Waals surface area contributed by atoms with Crippen molar-refractivity contribution in [3.8, 4) is 11.4 Å². The molecule has 0 saturated carbocycles. The molecule has 1 heterocycles. The fraction of sp³-hybridized carbons (Fsp3) is 0.211. The molecule has 0 bridgehead atoms. The number of rotatable bonds is 6. The van der Waals surface area contributed by atoms with E-state index in [4.69, 9.17) is 4.74 Å². The van der Waals surface area contributed by atoms with Gasteiger partial charge in [0.2, 0.25) is 0 Å². The quantitative estimate of drug-likeness (QED) is 0.516. The highest BCUT2D eigenvalue weighted by Gasteiger charge is 2.20. The summed E-state index contributed by atoms with van der Waals surface area (Å²) in [4.78, 5) is 27.3. The Bertz CT molecular complexity index is 1020. The minimum Gasteiger partial charge on any atom is -0.491 e. The van der Waals surface area contributed by atoms with Gasteiger partial charge in [-0.1, -0.05) is 0 Å². The molecule has 28 heavy (non-hydrogen) atoms. The Hall–Kier alpha value is -3.75. The van der Waals surface area contributed by atoms with E-state index >= 15 is 0 Å². The number of anilines is 1. The third kappa shape index (κ3) is 4.14. The number of nitrogens with one attached hydrogen (secondary N) is 1. The molecule has 1 N–H and O–H groups in total. The number of carbonyl (C=O) groups is 1. The summed E-state index contributed by atoms with van der Waals surface area (Å²) in [6.07, 6.45) is 2.68. The highest BCUT2D eigenvalue weighted by molar-refractivity contribution is 6.05. The van der Waals surface area contributed by atoms with Crippen LogP contribution in [0.4, 0.5) is 11.4 Å². The van der Waals surface area contributed by atoms with Gasteiger partial charge >= 0.3 is 0 Å². The lowest BCUT2D eigenvalue weighted by atomic mass is 10.1. The number of nitro benzene ring substituents is 1. The topological polar surface area (TPSA) is 112 Å². The molecule has 0 fully saturated rings. The molecule has 3 rings (SSSR count). The number of ether oxygens (including phenoxy) is 1. The molecule has 3 aromatic rings. The van der Waals surface area contributed by atoms with Crippen molar-refractivity contribution in [3.05, 3.63) is 70.3 Å². The largest absolute Gasteiger partial charge is 0.491 e. The van der Waals surface area contributed by atoms with Crippen molar-refractivity contribution in [3.63, 3.8) is 0 Å². The van der Waals surface area contributed by atoms with E-state index in [1.165, 1.54) is 35.5 Å². The third-order valence-corrected chi connectivity index (χ3v) is 3.92. The number of nitro groups is 1. The van der Waals surface area contributed by atoms with Crippen LogP contribution in [0, 0.1) is 17.0 Å². The molecule has 2 aromatic carbocycles. The number of nitrogens with zero attached hydrogens (tertiary/aromatic N) is 4. The van der Waals surface area contributed by atoms with E-state index in [9.17, 15) is 14.9 Å². The number of amides is 1. The number of aryl methyl sites for hydroxylation is 1. The van der Waals surface area contributed by atoms with Gasteiger partial charge < -0.3 is 10.1 Å². The number of hydrogen-bond donors (Lipinski definition) is 1. The molecule has 9 nitrogen and oxygen atoms in total. The first-order valence-electron chi connectivity index (χ1n) is 8.57. The minimum atomic E-state index is -0.558. The summed E-state index contributed by atoms with van der Waals surface area (Å²) < 4.78 is 6.90. The number of carbonyl (C=O) groups excluding carboxylic acids is 1. The maximum absolute atomic E-state index is 12.6. The fourth-order valence-corrected chi connectivity index (χ4v) is 2.65. The molecule has 0 radical (unpaired) electrons. The summed E-state index contributed by atoms with van der Waals surface area (Å²) in [5.41, 5.74) is 1.57. The zero-order valence-corrected chi connectivity index (χ0v) is 15.6. The number of aromatic nitrogens is 3. The average Bonchev–Trinajstić information content (AvgIpc) is 3.17. The Morgan fingerprint density at radius 1 is 1.25 bits per heavy atom. The van der Waals surface area contributed by atoms with Crippen molar-refractivity contribution in [2.75, 3.05) is 5.32 Å². The van der Waals surface area contributed by atoms with Crippen LogP contribution in [0.3, 0.4) is 0 Å². The summed E-state index contributed by atoms with van der Waals surface area (Å²) in [6, 6.07) is 9.52. The second-order valence-corrected chi connectivity index (χ2v) is 6.40. The lowest BCUT2D eigenvalue weighted by molar-refractivity contribution is -0.384. The Kier molecular flexibility index (Phi) is 5.35. The molecular weight excluding hydrogens is 362 g/mol. The van der Waals surface area contributed by atoms with Gasteiger partial charge in [0, 0.05) is 17.3 Å². The molecule has 1 aromatic heterocycles. The summed E-state index contributed by atoms with van der Waals surface area (Å²) in [7, 11) is 0. The molecule has 1 amide bonds. The van der Waals surface area contributed by atoms with Gasteiger partial charge in [0.25, 0.3) is 11.6 Å². The average molecular weight is 381 g/mol.